The summed E-state index contributed by atoms with van der Waals surface area (Å²) in [6, 6.07) is 5.91. The molecule has 0 N–H and O–H groups in total. The number of nitrogens with zero attached hydrogens (tertiary/aromatic N) is 6. The molecule has 0 saturated carbocycles. The first kappa shape index (κ1) is 33.5. The number of hydrogen-bond acceptors (Lipinski definition) is 6. The molecule has 0 aliphatic rings. The summed E-state index contributed by atoms with van der Waals surface area (Å²) in [7, 11) is 0. The number of pyridine rings is 2. The minimum Gasteiger partial charge on any atom is -0.268 e. The Balaban J connectivity index is 1.61. The van der Waals surface area contributed by atoms with Gasteiger partial charge in [-0.2, -0.15) is 10.2 Å². The van der Waals surface area contributed by atoms with Crippen molar-refractivity contribution in [1.82, 2.24) is 29.5 Å². The van der Waals surface area contributed by atoms with Gasteiger partial charge in [0.1, 0.15) is 0 Å². The van der Waals surface area contributed by atoms with E-state index < -0.39 is 46.0 Å². The average Bonchev–Trinajstić information content (AvgIpc) is 3.12. The van der Waals surface area contributed by atoms with Gasteiger partial charge in [-0.3, -0.25) is 18.7 Å². The van der Waals surface area contributed by atoms with Gasteiger partial charge >= 0.3 is 0 Å². The fourth-order valence-electron chi connectivity index (χ4n) is 7.34. The van der Waals surface area contributed by atoms with Crippen LogP contribution in [0.2, 0.25) is 0 Å². The van der Waals surface area contributed by atoms with E-state index >= 15 is 0 Å². The molecule has 0 aliphatic carbocycles. The Bertz CT molecular complexity index is 2610. The molecule has 0 aliphatic heterocycles. The van der Waals surface area contributed by atoms with Gasteiger partial charge in [-0.1, -0.05) is 39.5 Å². The number of benzene rings is 4. The predicted molar refractivity (Wildman–Crippen MR) is 185 cm³/mol. The second-order valence-electron chi connectivity index (χ2n) is 13.0. The molecule has 14 heteroatoms. The number of hydrogen-bond donors (Lipinski definition) is 0. The lowest BCUT2D eigenvalue weighted by Gasteiger charge is -2.22. The standard InChI is InChI=1S/C38H28F6N6O2/c1-3-5-7-9-27-19-15-21-30-29-22(38(52)49(35(31(19)29)47-45-27)17-11-23(39)33(43)24(40)12-17)16-20-28(10-8-6-4-2)46-48-36(32(20)30)50(37(21)51)18-13-25(41)34(44)26(42)14-18/h11-16H,3-10H2,1-2H3. The highest BCUT2D eigenvalue weighted by molar-refractivity contribution is 6.35. The molecule has 264 valence electrons. The topological polar surface area (TPSA) is 95.6 Å². The van der Waals surface area contributed by atoms with Gasteiger partial charge in [0.2, 0.25) is 0 Å². The van der Waals surface area contributed by atoms with E-state index in [9.17, 15) is 35.9 Å². The van der Waals surface area contributed by atoms with Crippen LogP contribution in [0, 0.1) is 34.9 Å². The SMILES string of the molecule is CCCCCc1nnc2c3c1cc1c(=O)n(-c4cc(F)c(F)c(F)c4)c4nnc(CCCCC)c5cc(c(=O)n2-c2cc(F)c(F)c(F)c2)c3c1c54. The third-order valence-corrected chi connectivity index (χ3v) is 9.78. The number of unbranched alkanes of at least 4 members (excludes halogenated alkanes) is 4. The van der Waals surface area contributed by atoms with Crippen molar-refractivity contribution in [3.05, 3.63) is 103 Å². The molecule has 4 aromatic heterocycles. The summed E-state index contributed by atoms with van der Waals surface area (Å²) < 4.78 is 88.9. The zero-order valence-electron chi connectivity index (χ0n) is 27.9. The zero-order chi connectivity index (χ0) is 36.6. The molecule has 0 spiro atoms. The van der Waals surface area contributed by atoms with Crippen molar-refractivity contribution in [1.29, 1.82) is 0 Å². The van der Waals surface area contributed by atoms with Gasteiger partial charge in [0.15, 0.2) is 46.2 Å². The molecule has 0 unspecified atom stereocenters. The van der Waals surface area contributed by atoms with Crippen LogP contribution in [0.15, 0.2) is 46.0 Å². The lowest BCUT2D eigenvalue weighted by atomic mass is 9.89. The van der Waals surface area contributed by atoms with E-state index in [0.717, 1.165) is 34.8 Å². The second kappa shape index (κ2) is 12.5. The number of aromatic nitrogens is 6. The molecule has 0 radical (unpaired) electrons. The Kier molecular flexibility index (Phi) is 8.07. The molecule has 8 rings (SSSR count). The molecule has 8 nitrogen and oxygen atoms in total. The van der Waals surface area contributed by atoms with Crippen molar-refractivity contribution < 1.29 is 26.3 Å². The maximum absolute atomic E-state index is 14.7. The van der Waals surface area contributed by atoms with E-state index in [-0.39, 0.29) is 33.4 Å². The van der Waals surface area contributed by atoms with Crippen LogP contribution in [0.3, 0.4) is 0 Å². The third kappa shape index (κ3) is 4.90. The van der Waals surface area contributed by atoms with Crippen LogP contribution in [0.25, 0.3) is 65.8 Å². The molecule has 0 bridgehead atoms. The van der Waals surface area contributed by atoms with Crippen LogP contribution < -0.4 is 11.1 Å². The summed E-state index contributed by atoms with van der Waals surface area (Å²) in [5, 5.41) is 19.8. The maximum atomic E-state index is 14.7. The highest BCUT2D eigenvalue weighted by atomic mass is 19.2. The Morgan fingerprint density at radius 2 is 0.846 bits per heavy atom. The molecule has 4 aromatic carbocycles. The average molecular weight is 715 g/mol. The Hall–Kier alpha value is -5.66. The van der Waals surface area contributed by atoms with Gasteiger partial charge in [0.25, 0.3) is 11.1 Å². The van der Waals surface area contributed by atoms with Crippen molar-refractivity contribution in [2.24, 2.45) is 0 Å². The highest BCUT2D eigenvalue weighted by Crippen LogP contribution is 2.43. The van der Waals surface area contributed by atoms with Crippen molar-refractivity contribution in [3.8, 4) is 11.4 Å². The molecular formula is C38H28F6N6O2. The fourth-order valence-corrected chi connectivity index (χ4v) is 7.34. The lowest BCUT2D eigenvalue weighted by Crippen LogP contribution is -2.24. The van der Waals surface area contributed by atoms with Gasteiger partial charge in [-0.15, -0.1) is 10.2 Å². The van der Waals surface area contributed by atoms with Crippen molar-refractivity contribution in [2.45, 2.75) is 65.2 Å². The summed E-state index contributed by atoms with van der Waals surface area (Å²) in [5.41, 5.74) is -1.45. The van der Waals surface area contributed by atoms with Gasteiger partial charge < -0.3 is 0 Å². The molecule has 0 atom stereocenters. The molecule has 0 saturated heterocycles. The van der Waals surface area contributed by atoms with Crippen LogP contribution in [-0.2, 0) is 12.8 Å². The predicted octanol–water partition coefficient (Wildman–Crippen LogP) is 8.51. The van der Waals surface area contributed by atoms with E-state index in [1.165, 1.54) is 0 Å². The van der Waals surface area contributed by atoms with E-state index in [2.05, 4.69) is 20.4 Å². The van der Waals surface area contributed by atoms with Crippen molar-refractivity contribution >= 4 is 54.4 Å². The molecule has 52 heavy (non-hydrogen) atoms. The smallest absolute Gasteiger partial charge is 0.264 e. The van der Waals surface area contributed by atoms with Crippen LogP contribution in [-0.4, -0.2) is 29.5 Å². The van der Waals surface area contributed by atoms with Crippen LogP contribution in [0.1, 0.15) is 63.8 Å². The Morgan fingerprint density at radius 1 is 0.481 bits per heavy atom. The number of rotatable bonds is 10. The quantitative estimate of drug-likeness (QED) is 0.0464. The molecule has 0 fully saturated rings. The fraction of sp³-hybridized carbons (Fsp3) is 0.263. The Morgan fingerprint density at radius 3 is 1.19 bits per heavy atom. The zero-order valence-corrected chi connectivity index (χ0v) is 27.9. The van der Waals surface area contributed by atoms with E-state index in [1.54, 1.807) is 12.1 Å². The van der Waals surface area contributed by atoms with Crippen LogP contribution in [0.4, 0.5) is 26.3 Å². The van der Waals surface area contributed by atoms with Crippen molar-refractivity contribution in [3.63, 3.8) is 0 Å². The van der Waals surface area contributed by atoms with Crippen LogP contribution >= 0.6 is 0 Å². The molecule has 4 heterocycles. The number of halogens is 6. The second-order valence-corrected chi connectivity index (χ2v) is 13.0. The first-order chi connectivity index (χ1) is 25.0. The highest BCUT2D eigenvalue weighted by Gasteiger charge is 2.29. The molecular weight excluding hydrogens is 686 g/mol. The van der Waals surface area contributed by atoms with Gasteiger partial charge in [0.05, 0.1) is 22.8 Å². The number of aryl methyl sites for hydroxylation is 2. The summed E-state index contributed by atoms with van der Waals surface area (Å²) in [6.45, 7) is 4.05. The van der Waals surface area contributed by atoms with Gasteiger partial charge in [-0.25, -0.2) is 26.3 Å². The lowest BCUT2D eigenvalue weighted by molar-refractivity contribution is 0.446. The van der Waals surface area contributed by atoms with Crippen LogP contribution in [0.5, 0.6) is 0 Å². The minimum absolute atomic E-state index is 0.0512. The monoisotopic (exact) mass is 714 g/mol. The maximum Gasteiger partial charge on any atom is 0.264 e. The summed E-state index contributed by atoms with van der Waals surface area (Å²) in [6.07, 6.45) is 5.70. The van der Waals surface area contributed by atoms with E-state index in [4.69, 9.17) is 0 Å². The first-order valence-corrected chi connectivity index (χ1v) is 17.0. The normalized spacial score (nSPS) is 12.2. The molecule has 8 aromatic rings. The Labute approximate surface area is 290 Å². The van der Waals surface area contributed by atoms with Gasteiger partial charge in [0, 0.05) is 67.4 Å². The minimum atomic E-state index is -1.71. The van der Waals surface area contributed by atoms with Crippen molar-refractivity contribution in [2.75, 3.05) is 0 Å². The third-order valence-electron chi connectivity index (χ3n) is 9.78. The largest absolute Gasteiger partial charge is 0.268 e. The van der Waals surface area contributed by atoms with E-state index in [1.807, 2.05) is 13.8 Å². The van der Waals surface area contributed by atoms with E-state index in [0.29, 0.717) is 93.7 Å². The summed E-state index contributed by atoms with van der Waals surface area (Å²) in [4.78, 5) is 29.2. The summed E-state index contributed by atoms with van der Waals surface area (Å²) in [5.74, 6) is -9.47. The first-order valence-electron chi connectivity index (χ1n) is 17.0. The molecule has 0 amide bonds. The summed E-state index contributed by atoms with van der Waals surface area (Å²) >= 11 is 0. The van der Waals surface area contributed by atoms with Gasteiger partial charge in [-0.05, 0) is 37.8 Å².